The summed E-state index contributed by atoms with van der Waals surface area (Å²) in [5.74, 6) is 0.170. The fraction of sp³-hybridized carbons (Fsp3) is 0.324. The standard InChI is InChI=1S/C37H39N5O6/c1-41-16-6-11-34(40-37(45)48-23-26-7-3-2-4-8-26)36(44)42-21-33(18-31(42)24-47-32-10-5-9-29(17-32)35(41)43)46-22-27-12-14-28(15-13-27)30-19-38-25-39-20-30/h2-5,7-10,12-15,17,19-20,25,31,33-34H,6,11,16,18,21-24H2,1H3,(H,40,45)/t31-,33-,34-/m0/s1. The number of fused-ring (bicyclic) bond motifs is 3. The van der Waals surface area contributed by atoms with E-state index in [4.69, 9.17) is 14.2 Å². The number of nitrogens with one attached hydrogen (secondary N) is 1. The molecule has 0 aliphatic carbocycles. The highest BCUT2D eigenvalue weighted by molar-refractivity contribution is 5.94. The summed E-state index contributed by atoms with van der Waals surface area (Å²) in [4.78, 5) is 51.8. The molecule has 248 valence electrons. The van der Waals surface area contributed by atoms with E-state index in [2.05, 4.69) is 15.3 Å². The topological polar surface area (TPSA) is 123 Å². The van der Waals surface area contributed by atoms with Gasteiger partial charge in [0.1, 0.15) is 31.3 Å². The van der Waals surface area contributed by atoms with Crippen molar-refractivity contribution in [2.75, 3.05) is 26.7 Å². The summed E-state index contributed by atoms with van der Waals surface area (Å²) in [7, 11) is 1.72. The Morgan fingerprint density at radius 3 is 2.48 bits per heavy atom. The number of hydrogen-bond donors (Lipinski definition) is 1. The molecule has 6 rings (SSSR count). The van der Waals surface area contributed by atoms with Gasteiger partial charge in [0.25, 0.3) is 5.91 Å². The van der Waals surface area contributed by atoms with Gasteiger partial charge in [-0.15, -0.1) is 0 Å². The van der Waals surface area contributed by atoms with Crippen molar-refractivity contribution in [1.82, 2.24) is 25.1 Å². The molecule has 0 unspecified atom stereocenters. The van der Waals surface area contributed by atoms with E-state index >= 15 is 0 Å². The summed E-state index contributed by atoms with van der Waals surface area (Å²) in [5.41, 5.74) is 4.31. The second-order valence-corrected chi connectivity index (χ2v) is 12.1. The van der Waals surface area contributed by atoms with Gasteiger partial charge >= 0.3 is 6.09 Å². The molecule has 0 spiro atoms. The number of benzene rings is 3. The molecule has 0 saturated carbocycles. The summed E-state index contributed by atoms with van der Waals surface area (Å²) in [6, 6.07) is 23.3. The molecule has 1 aromatic heterocycles. The third-order valence-electron chi connectivity index (χ3n) is 8.65. The molecule has 2 aliphatic heterocycles. The highest BCUT2D eigenvalue weighted by Gasteiger charge is 2.39. The highest BCUT2D eigenvalue weighted by atomic mass is 16.5. The SMILES string of the molecule is CN1CCC[C@H](NC(=O)OCc2ccccc2)C(=O)N2C[C@@H](OCc3ccc(-c4cncnc4)cc3)C[C@H]2COc2cccc(c2)C1=O. The Balaban J connectivity index is 1.16. The maximum atomic E-state index is 14.2. The van der Waals surface area contributed by atoms with E-state index in [-0.39, 0.29) is 37.2 Å². The number of aromatic nitrogens is 2. The summed E-state index contributed by atoms with van der Waals surface area (Å²) in [6.45, 7) is 1.41. The van der Waals surface area contributed by atoms with Gasteiger partial charge in [0.05, 0.1) is 18.8 Å². The molecule has 3 amide bonds. The van der Waals surface area contributed by atoms with Crippen LogP contribution in [0.1, 0.15) is 40.7 Å². The largest absolute Gasteiger partial charge is 0.491 e. The Hall–Kier alpha value is -5.29. The Morgan fingerprint density at radius 2 is 1.69 bits per heavy atom. The van der Waals surface area contributed by atoms with E-state index in [1.807, 2.05) is 54.6 Å². The summed E-state index contributed by atoms with van der Waals surface area (Å²) in [6.07, 6.45) is 5.50. The number of amides is 3. The Morgan fingerprint density at radius 1 is 0.917 bits per heavy atom. The second-order valence-electron chi connectivity index (χ2n) is 12.1. The molecule has 11 heteroatoms. The average Bonchev–Trinajstić information content (AvgIpc) is 3.55. The Bertz CT molecular complexity index is 1690. The number of carbonyl (C=O) groups is 3. The van der Waals surface area contributed by atoms with Crippen LogP contribution in [0.3, 0.4) is 0 Å². The quantitative estimate of drug-likeness (QED) is 0.301. The monoisotopic (exact) mass is 649 g/mol. The predicted molar refractivity (Wildman–Crippen MR) is 178 cm³/mol. The predicted octanol–water partition coefficient (Wildman–Crippen LogP) is 4.87. The zero-order chi connectivity index (χ0) is 33.3. The molecule has 1 saturated heterocycles. The van der Waals surface area contributed by atoms with Gasteiger partial charge in [-0.3, -0.25) is 9.59 Å². The van der Waals surface area contributed by atoms with Gasteiger partial charge < -0.3 is 29.3 Å². The number of carbonyl (C=O) groups excluding carboxylic acids is 3. The molecule has 3 aromatic carbocycles. The van der Waals surface area contributed by atoms with E-state index in [1.54, 1.807) is 53.5 Å². The molecule has 3 atom stereocenters. The van der Waals surface area contributed by atoms with E-state index in [0.717, 1.165) is 22.3 Å². The molecule has 48 heavy (non-hydrogen) atoms. The van der Waals surface area contributed by atoms with Crippen LogP contribution in [0.15, 0.2) is 97.6 Å². The van der Waals surface area contributed by atoms with Crippen molar-refractivity contribution in [2.24, 2.45) is 0 Å². The fourth-order valence-electron chi connectivity index (χ4n) is 6.01. The van der Waals surface area contributed by atoms with Crippen LogP contribution in [-0.4, -0.2) is 82.6 Å². The first-order chi connectivity index (χ1) is 23.4. The molecule has 1 fully saturated rings. The van der Waals surface area contributed by atoms with Crippen LogP contribution in [0.2, 0.25) is 0 Å². The van der Waals surface area contributed by atoms with Gasteiger partial charge in [-0.05, 0) is 54.2 Å². The zero-order valence-corrected chi connectivity index (χ0v) is 26.9. The van der Waals surface area contributed by atoms with Crippen molar-refractivity contribution in [1.29, 1.82) is 0 Å². The number of nitrogens with zero attached hydrogens (tertiary/aromatic N) is 4. The lowest BCUT2D eigenvalue weighted by molar-refractivity contribution is -0.135. The normalized spacial score (nSPS) is 20.0. The Labute approximate surface area is 279 Å². The molecule has 3 heterocycles. The number of ether oxygens (including phenoxy) is 3. The van der Waals surface area contributed by atoms with Gasteiger partial charge in [0.15, 0.2) is 0 Å². The lowest BCUT2D eigenvalue weighted by Gasteiger charge is -2.30. The minimum Gasteiger partial charge on any atom is -0.491 e. The first-order valence-electron chi connectivity index (χ1n) is 16.1. The van der Waals surface area contributed by atoms with Gasteiger partial charge in [0, 0.05) is 43.7 Å². The molecule has 4 aromatic rings. The number of hydrogen-bond acceptors (Lipinski definition) is 8. The summed E-state index contributed by atoms with van der Waals surface area (Å²) >= 11 is 0. The summed E-state index contributed by atoms with van der Waals surface area (Å²) in [5, 5.41) is 2.81. The van der Waals surface area contributed by atoms with Crippen LogP contribution >= 0.6 is 0 Å². The fourth-order valence-corrected chi connectivity index (χ4v) is 6.01. The van der Waals surface area contributed by atoms with E-state index in [0.29, 0.717) is 50.3 Å². The van der Waals surface area contributed by atoms with Crippen molar-refractivity contribution < 1.29 is 28.6 Å². The van der Waals surface area contributed by atoms with Crippen LogP contribution in [0.5, 0.6) is 5.75 Å². The molecule has 0 radical (unpaired) electrons. The number of alkyl carbamates (subject to hydrolysis) is 1. The minimum atomic E-state index is -0.853. The van der Waals surface area contributed by atoms with E-state index in [1.165, 1.54) is 6.33 Å². The second kappa shape index (κ2) is 15.5. The highest BCUT2D eigenvalue weighted by Crippen LogP contribution is 2.26. The smallest absolute Gasteiger partial charge is 0.408 e. The van der Waals surface area contributed by atoms with Crippen molar-refractivity contribution in [3.8, 4) is 16.9 Å². The van der Waals surface area contributed by atoms with Crippen molar-refractivity contribution in [3.05, 3.63) is 114 Å². The van der Waals surface area contributed by atoms with Crippen LogP contribution in [0, 0.1) is 0 Å². The maximum absolute atomic E-state index is 14.2. The van der Waals surface area contributed by atoms with E-state index in [9.17, 15) is 14.4 Å². The van der Waals surface area contributed by atoms with Crippen molar-refractivity contribution in [3.63, 3.8) is 0 Å². The van der Waals surface area contributed by atoms with Crippen LogP contribution in [0.25, 0.3) is 11.1 Å². The molecule has 1 N–H and O–H groups in total. The van der Waals surface area contributed by atoms with E-state index < -0.39 is 12.1 Å². The van der Waals surface area contributed by atoms with Crippen molar-refractivity contribution >= 4 is 17.9 Å². The van der Waals surface area contributed by atoms with Crippen LogP contribution in [-0.2, 0) is 27.5 Å². The molecular formula is C37H39N5O6. The third kappa shape index (κ3) is 8.34. The first kappa shape index (κ1) is 32.6. The Kier molecular flexibility index (Phi) is 10.6. The summed E-state index contributed by atoms with van der Waals surface area (Å²) < 4.78 is 18.0. The van der Waals surface area contributed by atoms with Crippen molar-refractivity contribution in [2.45, 2.75) is 50.7 Å². The lowest BCUT2D eigenvalue weighted by atomic mass is 10.1. The van der Waals surface area contributed by atoms with Gasteiger partial charge in [-0.25, -0.2) is 14.8 Å². The molecule has 11 nitrogen and oxygen atoms in total. The minimum absolute atomic E-state index is 0.0821. The van der Waals surface area contributed by atoms with Crippen LogP contribution < -0.4 is 10.1 Å². The third-order valence-corrected chi connectivity index (χ3v) is 8.65. The lowest BCUT2D eigenvalue weighted by Crippen LogP contribution is -2.51. The molecule has 2 bridgehead atoms. The van der Waals surface area contributed by atoms with Gasteiger partial charge in [-0.1, -0.05) is 60.7 Å². The number of rotatable bonds is 7. The zero-order valence-electron chi connectivity index (χ0n) is 26.9. The van der Waals surface area contributed by atoms with Gasteiger partial charge in [-0.2, -0.15) is 0 Å². The maximum Gasteiger partial charge on any atom is 0.408 e. The average molecular weight is 650 g/mol. The first-order valence-corrected chi connectivity index (χ1v) is 16.1. The van der Waals surface area contributed by atoms with Gasteiger partial charge in [0.2, 0.25) is 5.91 Å². The molecule has 2 aliphatic rings. The molecular weight excluding hydrogens is 610 g/mol. The van der Waals surface area contributed by atoms with Crippen LogP contribution in [0.4, 0.5) is 4.79 Å².